The lowest BCUT2D eigenvalue weighted by Crippen LogP contribution is -2.04. The van der Waals surface area contributed by atoms with Gasteiger partial charge in [0.1, 0.15) is 5.52 Å². The third-order valence-electron chi connectivity index (χ3n) is 4.91. The Morgan fingerprint density at radius 3 is 2.48 bits per heavy atom. The number of rotatable bonds is 7. The van der Waals surface area contributed by atoms with E-state index in [4.69, 9.17) is 29.4 Å². The molecule has 29 heavy (non-hydrogen) atoms. The second-order valence-corrected chi connectivity index (χ2v) is 6.61. The van der Waals surface area contributed by atoms with Crippen LogP contribution >= 0.6 is 0 Å². The van der Waals surface area contributed by atoms with Crippen molar-refractivity contribution in [3.8, 4) is 28.7 Å². The van der Waals surface area contributed by atoms with Gasteiger partial charge >= 0.3 is 0 Å². The molecule has 152 valence electrons. The third-order valence-corrected chi connectivity index (χ3v) is 4.91. The molecule has 1 aromatic heterocycles. The summed E-state index contributed by atoms with van der Waals surface area (Å²) in [5, 5.41) is 0.833. The molecule has 2 N–H and O–H groups in total. The van der Waals surface area contributed by atoms with Crippen molar-refractivity contribution < 1.29 is 23.7 Å². The van der Waals surface area contributed by atoms with E-state index in [9.17, 15) is 0 Å². The number of nitrogens with two attached hydrogens (primary N) is 1. The van der Waals surface area contributed by atoms with Gasteiger partial charge in [0, 0.05) is 5.39 Å². The Morgan fingerprint density at radius 2 is 1.72 bits per heavy atom. The van der Waals surface area contributed by atoms with Crippen LogP contribution in [0, 0.1) is 0 Å². The Hall–Kier alpha value is -3.42. The molecule has 2 heterocycles. The molecular weight excluding hydrogens is 374 g/mol. The van der Waals surface area contributed by atoms with Gasteiger partial charge in [-0.15, -0.1) is 0 Å². The fourth-order valence-corrected chi connectivity index (χ4v) is 3.56. The van der Waals surface area contributed by atoms with E-state index in [1.807, 2.05) is 18.2 Å². The van der Waals surface area contributed by atoms with Gasteiger partial charge < -0.3 is 29.4 Å². The van der Waals surface area contributed by atoms with E-state index < -0.39 is 0 Å². The van der Waals surface area contributed by atoms with E-state index in [0.29, 0.717) is 22.8 Å². The number of aryl methyl sites for hydroxylation is 2. The van der Waals surface area contributed by atoms with Gasteiger partial charge in [0.05, 0.1) is 27.0 Å². The average Bonchev–Trinajstić information content (AvgIpc) is 3.20. The predicted molar refractivity (Wildman–Crippen MR) is 108 cm³/mol. The maximum Gasteiger partial charge on any atom is 0.231 e. The number of nitrogens with zero attached hydrogens (tertiary/aromatic N) is 2. The molecule has 0 spiro atoms. The zero-order chi connectivity index (χ0) is 20.4. The third kappa shape index (κ3) is 3.53. The number of nitrogen functional groups attached to an aromatic ring is 1. The molecule has 2 aromatic carbocycles. The van der Waals surface area contributed by atoms with E-state index in [2.05, 4.69) is 16.0 Å². The molecule has 3 aromatic rings. The number of fused-ring (bicyclic) bond motifs is 2. The van der Waals surface area contributed by atoms with Gasteiger partial charge in [-0.25, -0.2) is 9.97 Å². The van der Waals surface area contributed by atoms with E-state index >= 15 is 0 Å². The Bertz CT molecular complexity index is 1050. The quantitative estimate of drug-likeness (QED) is 0.649. The van der Waals surface area contributed by atoms with Crippen LogP contribution in [0.3, 0.4) is 0 Å². The number of aromatic nitrogens is 2. The molecule has 0 radical (unpaired) electrons. The Balaban J connectivity index is 1.63. The molecule has 0 saturated carbocycles. The fraction of sp³-hybridized carbons (Fsp3) is 0.333. The lowest BCUT2D eigenvalue weighted by Gasteiger charge is -2.16. The van der Waals surface area contributed by atoms with Crippen LogP contribution in [0.4, 0.5) is 5.95 Å². The van der Waals surface area contributed by atoms with Crippen LogP contribution in [0.15, 0.2) is 24.3 Å². The summed E-state index contributed by atoms with van der Waals surface area (Å²) < 4.78 is 27.3. The summed E-state index contributed by atoms with van der Waals surface area (Å²) in [6, 6.07) is 7.88. The minimum absolute atomic E-state index is 0.195. The lowest BCUT2D eigenvalue weighted by atomic mass is 10.0. The SMILES string of the molecule is COc1cc2c(CCCc3ccc4c(c3)OCO4)nc(N)nc2c(OC)c1OC. The monoisotopic (exact) mass is 397 g/mol. The first-order valence-corrected chi connectivity index (χ1v) is 9.28. The van der Waals surface area contributed by atoms with Crippen molar-refractivity contribution in [1.82, 2.24) is 9.97 Å². The molecule has 0 aliphatic carbocycles. The van der Waals surface area contributed by atoms with Crippen LogP contribution in [0.25, 0.3) is 10.9 Å². The largest absolute Gasteiger partial charge is 0.493 e. The molecule has 0 fully saturated rings. The average molecular weight is 397 g/mol. The van der Waals surface area contributed by atoms with Gasteiger partial charge in [0.2, 0.25) is 18.5 Å². The standard InChI is InChI=1S/C21H23N3O5/c1-25-17-10-13-14(23-21(22)24-18(13)20(27-3)19(17)26-2)6-4-5-12-7-8-15-16(9-12)29-11-28-15/h7-10H,4-6,11H2,1-3H3,(H2,22,23,24). The number of ether oxygens (including phenoxy) is 5. The van der Waals surface area contributed by atoms with Crippen molar-refractivity contribution in [2.75, 3.05) is 33.9 Å². The molecule has 0 bridgehead atoms. The fourth-order valence-electron chi connectivity index (χ4n) is 3.56. The highest BCUT2D eigenvalue weighted by Gasteiger charge is 2.20. The number of hydrogen-bond donors (Lipinski definition) is 1. The molecule has 8 heteroatoms. The molecule has 0 saturated heterocycles. The summed E-state index contributed by atoms with van der Waals surface area (Å²) in [4.78, 5) is 8.84. The van der Waals surface area contributed by atoms with Crippen LogP contribution < -0.4 is 29.4 Å². The highest BCUT2D eigenvalue weighted by atomic mass is 16.7. The summed E-state index contributed by atoms with van der Waals surface area (Å²) in [6.45, 7) is 0.276. The normalized spacial score (nSPS) is 12.2. The zero-order valence-corrected chi connectivity index (χ0v) is 16.7. The second-order valence-electron chi connectivity index (χ2n) is 6.61. The van der Waals surface area contributed by atoms with Gasteiger partial charge in [0.15, 0.2) is 23.0 Å². The van der Waals surface area contributed by atoms with Crippen molar-refractivity contribution in [2.24, 2.45) is 0 Å². The Labute approximate surface area is 168 Å². The Morgan fingerprint density at radius 1 is 0.931 bits per heavy atom. The highest BCUT2D eigenvalue weighted by molar-refractivity contribution is 5.92. The first-order chi connectivity index (χ1) is 14.1. The molecule has 0 atom stereocenters. The van der Waals surface area contributed by atoms with Crippen LogP contribution in [-0.4, -0.2) is 38.1 Å². The minimum atomic E-state index is 0.195. The van der Waals surface area contributed by atoms with E-state index in [-0.39, 0.29) is 12.7 Å². The van der Waals surface area contributed by atoms with E-state index in [0.717, 1.165) is 41.8 Å². The lowest BCUT2D eigenvalue weighted by molar-refractivity contribution is 0.174. The van der Waals surface area contributed by atoms with Crippen LogP contribution in [0.1, 0.15) is 17.7 Å². The first-order valence-electron chi connectivity index (χ1n) is 9.28. The minimum Gasteiger partial charge on any atom is -0.493 e. The van der Waals surface area contributed by atoms with Gasteiger partial charge in [-0.05, 0) is 43.0 Å². The Kier molecular flexibility index (Phi) is 5.16. The number of methoxy groups -OCH3 is 3. The van der Waals surface area contributed by atoms with Crippen molar-refractivity contribution in [3.63, 3.8) is 0 Å². The highest BCUT2D eigenvalue weighted by Crippen LogP contribution is 2.43. The van der Waals surface area contributed by atoms with E-state index in [1.54, 1.807) is 21.3 Å². The molecule has 1 aliphatic rings. The summed E-state index contributed by atoms with van der Waals surface area (Å²) in [6.07, 6.45) is 2.46. The van der Waals surface area contributed by atoms with Gasteiger partial charge in [0.25, 0.3) is 0 Å². The van der Waals surface area contributed by atoms with Crippen LogP contribution in [0.5, 0.6) is 28.7 Å². The summed E-state index contributed by atoms with van der Waals surface area (Å²) >= 11 is 0. The topological polar surface area (TPSA) is 98.0 Å². The first kappa shape index (κ1) is 18.9. The maximum absolute atomic E-state index is 5.97. The zero-order valence-electron chi connectivity index (χ0n) is 16.7. The number of benzene rings is 2. The van der Waals surface area contributed by atoms with Crippen LogP contribution in [-0.2, 0) is 12.8 Å². The second kappa shape index (κ2) is 7.90. The van der Waals surface area contributed by atoms with Gasteiger partial charge in [-0.2, -0.15) is 0 Å². The number of anilines is 1. The summed E-state index contributed by atoms with van der Waals surface area (Å²) in [7, 11) is 4.71. The molecule has 0 amide bonds. The van der Waals surface area contributed by atoms with Crippen molar-refractivity contribution in [1.29, 1.82) is 0 Å². The maximum atomic E-state index is 5.97. The van der Waals surface area contributed by atoms with Gasteiger partial charge in [-0.1, -0.05) is 6.07 Å². The molecule has 1 aliphatic heterocycles. The summed E-state index contributed by atoms with van der Waals surface area (Å²) in [5.74, 6) is 3.29. The van der Waals surface area contributed by atoms with Gasteiger partial charge in [-0.3, -0.25) is 0 Å². The van der Waals surface area contributed by atoms with Crippen LogP contribution in [0.2, 0.25) is 0 Å². The molecular formula is C21H23N3O5. The van der Waals surface area contributed by atoms with Crippen molar-refractivity contribution in [2.45, 2.75) is 19.3 Å². The molecule has 8 nitrogen and oxygen atoms in total. The van der Waals surface area contributed by atoms with Crippen molar-refractivity contribution >= 4 is 16.9 Å². The smallest absolute Gasteiger partial charge is 0.231 e. The van der Waals surface area contributed by atoms with E-state index in [1.165, 1.54) is 5.56 Å². The van der Waals surface area contributed by atoms with Crippen molar-refractivity contribution in [3.05, 3.63) is 35.5 Å². The number of hydrogen-bond acceptors (Lipinski definition) is 8. The molecule has 4 rings (SSSR count). The predicted octanol–water partition coefficient (Wildman–Crippen LogP) is 3.14. The summed E-state index contributed by atoms with van der Waals surface area (Å²) in [5.41, 5.74) is 8.60. The molecule has 0 unspecified atom stereocenters.